The summed E-state index contributed by atoms with van der Waals surface area (Å²) in [4.78, 5) is 10.4. The van der Waals surface area contributed by atoms with Crippen molar-refractivity contribution in [2.75, 3.05) is 25.5 Å². The van der Waals surface area contributed by atoms with Crippen LogP contribution in [0.3, 0.4) is 0 Å². The van der Waals surface area contributed by atoms with Crippen LogP contribution in [0.1, 0.15) is 11.3 Å². The molecule has 1 aliphatic heterocycles. The van der Waals surface area contributed by atoms with Crippen molar-refractivity contribution in [1.82, 2.24) is 15.3 Å². The summed E-state index contributed by atoms with van der Waals surface area (Å²) in [5.74, 6) is 0.946. The van der Waals surface area contributed by atoms with Crippen molar-refractivity contribution in [2.45, 2.75) is 13.0 Å². The topological polar surface area (TPSA) is 41.1 Å². The summed E-state index contributed by atoms with van der Waals surface area (Å²) in [5, 5.41) is 3.60. The summed E-state index contributed by atoms with van der Waals surface area (Å²) >= 11 is 5.85. The number of anilines is 1. The maximum Gasteiger partial charge on any atom is 0.224 e. The Kier molecular flexibility index (Phi) is 2.56. The van der Waals surface area contributed by atoms with E-state index in [1.54, 1.807) is 0 Å². The van der Waals surface area contributed by atoms with Gasteiger partial charge in [-0.1, -0.05) is 0 Å². The van der Waals surface area contributed by atoms with Gasteiger partial charge in [0.05, 0.1) is 5.69 Å². The quantitative estimate of drug-likeness (QED) is 0.701. The Labute approximate surface area is 88.3 Å². The molecule has 1 aliphatic rings. The summed E-state index contributed by atoms with van der Waals surface area (Å²) in [6.45, 7) is 1.78. The number of fused-ring (bicyclic) bond motifs is 1. The summed E-state index contributed by atoms with van der Waals surface area (Å²) in [6.07, 6.45) is 0.972. The second-order valence-electron chi connectivity index (χ2n) is 3.56. The number of rotatable bonds is 1. The van der Waals surface area contributed by atoms with Gasteiger partial charge in [0.15, 0.2) is 0 Å². The fourth-order valence-electron chi connectivity index (χ4n) is 1.68. The largest absolute Gasteiger partial charge is 0.362 e. The molecule has 14 heavy (non-hydrogen) atoms. The van der Waals surface area contributed by atoms with Gasteiger partial charge in [-0.05, 0) is 24.6 Å². The molecular formula is C9H13ClN4. The number of hydrogen-bond donors (Lipinski definition) is 1. The summed E-state index contributed by atoms with van der Waals surface area (Å²) < 4.78 is 0. The Morgan fingerprint density at radius 3 is 2.86 bits per heavy atom. The fraction of sp³-hybridized carbons (Fsp3) is 0.556. The first-order chi connectivity index (χ1) is 6.68. The minimum Gasteiger partial charge on any atom is -0.362 e. The smallest absolute Gasteiger partial charge is 0.224 e. The van der Waals surface area contributed by atoms with Crippen molar-refractivity contribution in [3.63, 3.8) is 0 Å². The van der Waals surface area contributed by atoms with Crippen LogP contribution in [-0.2, 0) is 13.0 Å². The van der Waals surface area contributed by atoms with E-state index in [0.717, 1.165) is 31.0 Å². The van der Waals surface area contributed by atoms with Crippen LogP contribution in [0.2, 0.25) is 5.28 Å². The number of nitrogens with zero attached hydrogens (tertiary/aromatic N) is 3. The van der Waals surface area contributed by atoms with Gasteiger partial charge in [0, 0.05) is 26.2 Å². The minimum atomic E-state index is 0.330. The summed E-state index contributed by atoms with van der Waals surface area (Å²) in [7, 11) is 3.95. The lowest BCUT2D eigenvalue weighted by molar-refractivity contribution is 0.622. The zero-order valence-corrected chi connectivity index (χ0v) is 9.10. The zero-order chi connectivity index (χ0) is 10.1. The van der Waals surface area contributed by atoms with Crippen LogP contribution in [0.15, 0.2) is 0 Å². The summed E-state index contributed by atoms with van der Waals surface area (Å²) in [5.41, 5.74) is 2.25. The molecule has 0 amide bonds. The van der Waals surface area contributed by atoms with Crippen LogP contribution in [0.25, 0.3) is 0 Å². The highest BCUT2D eigenvalue weighted by Gasteiger charge is 2.17. The van der Waals surface area contributed by atoms with Crippen molar-refractivity contribution < 1.29 is 0 Å². The van der Waals surface area contributed by atoms with Crippen molar-refractivity contribution in [1.29, 1.82) is 0 Å². The Bertz CT molecular complexity index is 351. The van der Waals surface area contributed by atoms with E-state index in [4.69, 9.17) is 11.6 Å². The van der Waals surface area contributed by atoms with E-state index >= 15 is 0 Å². The normalized spacial score (nSPS) is 15.1. The first-order valence-electron chi connectivity index (χ1n) is 4.62. The second-order valence-corrected chi connectivity index (χ2v) is 3.90. The van der Waals surface area contributed by atoms with Crippen LogP contribution in [0, 0.1) is 0 Å². The molecule has 0 fully saturated rings. The van der Waals surface area contributed by atoms with Crippen molar-refractivity contribution in [2.24, 2.45) is 0 Å². The molecule has 1 aromatic rings. The Morgan fingerprint density at radius 2 is 2.14 bits per heavy atom. The molecule has 0 saturated carbocycles. The van der Waals surface area contributed by atoms with Crippen molar-refractivity contribution >= 4 is 17.4 Å². The fourth-order valence-corrected chi connectivity index (χ4v) is 1.86. The SMILES string of the molecule is CN(C)c1nc(Cl)nc2c1CCNC2. The van der Waals surface area contributed by atoms with Crippen LogP contribution >= 0.6 is 11.6 Å². The molecule has 2 rings (SSSR count). The number of nitrogens with one attached hydrogen (secondary N) is 1. The highest BCUT2D eigenvalue weighted by Crippen LogP contribution is 2.23. The average Bonchev–Trinajstić information content (AvgIpc) is 2.16. The van der Waals surface area contributed by atoms with E-state index in [0.29, 0.717) is 5.28 Å². The predicted molar refractivity (Wildman–Crippen MR) is 56.8 cm³/mol. The Hall–Kier alpha value is -0.870. The van der Waals surface area contributed by atoms with Crippen LogP contribution in [0.5, 0.6) is 0 Å². The lowest BCUT2D eigenvalue weighted by Crippen LogP contribution is -2.27. The average molecular weight is 213 g/mol. The molecule has 0 unspecified atom stereocenters. The molecule has 4 nitrogen and oxygen atoms in total. The third-order valence-electron chi connectivity index (χ3n) is 2.31. The van der Waals surface area contributed by atoms with E-state index in [2.05, 4.69) is 15.3 Å². The molecule has 1 aromatic heterocycles. The number of halogens is 1. The van der Waals surface area contributed by atoms with Crippen LogP contribution in [0.4, 0.5) is 5.82 Å². The Morgan fingerprint density at radius 1 is 1.36 bits per heavy atom. The van der Waals surface area contributed by atoms with Gasteiger partial charge in [0.2, 0.25) is 5.28 Å². The molecule has 0 saturated heterocycles. The Balaban J connectivity index is 2.52. The monoisotopic (exact) mass is 212 g/mol. The van der Waals surface area contributed by atoms with Crippen LogP contribution in [-0.4, -0.2) is 30.6 Å². The molecular weight excluding hydrogens is 200 g/mol. The predicted octanol–water partition coefficient (Wildman–Crippen LogP) is 0.842. The molecule has 76 valence electrons. The maximum absolute atomic E-state index is 5.85. The standard InChI is InChI=1S/C9H13ClN4/c1-14(2)8-6-3-4-11-5-7(6)12-9(10)13-8/h11H,3-5H2,1-2H3. The van der Waals surface area contributed by atoms with E-state index < -0.39 is 0 Å². The molecule has 0 radical (unpaired) electrons. The maximum atomic E-state index is 5.85. The molecule has 1 N–H and O–H groups in total. The molecule has 5 heteroatoms. The molecule has 0 bridgehead atoms. The zero-order valence-electron chi connectivity index (χ0n) is 8.34. The van der Waals surface area contributed by atoms with E-state index in [-0.39, 0.29) is 0 Å². The van der Waals surface area contributed by atoms with Crippen molar-refractivity contribution in [3.8, 4) is 0 Å². The number of aromatic nitrogens is 2. The highest BCUT2D eigenvalue weighted by atomic mass is 35.5. The molecule has 0 aromatic carbocycles. The lowest BCUT2D eigenvalue weighted by Gasteiger charge is -2.22. The third-order valence-corrected chi connectivity index (χ3v) is 2.48. The molecule has 0 atom stereocenters. The minimum absolute atomic E-state index is 0.330. The molecule has 2 heterocycles. The molecule has 0 spiro atoms. The van der Waals surface area contributed by atoms with E-state index in [9.17, 15) is 0 Å². The van der Waals surface area contributed by atoms with Gasteiger partial charge < -0.3 is 10.2 Å². The van der Waals surface area contributed by atoms with Gasteiger partial charge in [-0.15, -0.1) is 0 Å². The van der Waals surface area contributed by atoms with Gasteiger partial charge in [-0.2, -0.15) is 0 Å². The van der Waals surface area contributed by atoms with Gasteiger partial charge in [0.1, 0.15) is 5.82 Å². The third kappa shape index (κ3) is 1.67. The van der Waals surface area contributed by atoms with Gasteiger partial charge in [-0.3, -0.25) is 0 Å². The second kappa shape index (κ2) is 3.71. The van der Waals surface area contributed by atoms with Gasteiger partial charge in [0.25, 0.3) is 0 Å². The highest BCUT2D eigenvalue weighted by molar-refractivity contribution is 6.28. The van der Waals surface area contributed by atoms with Gasteiger partial charge in [-0.25, -0.2) is 9.97 Å². The van der Waals surface area contributed by atoms with Crippen molar-refractivity contribution in [3.05, 3.63) is 16.5 Å². The first-order valence-corrected chi connectivity index (χ1v) is 4.99. The lowest BCUT2D eigenvalue weighted by atomic mass is 10.1. The van der Waals surface area contributed by atoms with Gasteiger partial charge >= 0.3 is 0 Å². The van der Waals surface area contributed by atoms with E-state index in [1.165, 1.54) is 5.56 Å². The van der Waals surface area contributed by atoms with Crippen LogP contribution < -0.4 is 10.2 Å². The number of hydrogen-bond acceptors (Lipinski definition) is 4. The molecule has 0 aliphatic carbocycles. The summed E-state index contributed by atoms with van der Waals surface area (Å²) in [6, 6.07) is 0. The van der Waals surface area contributed by atoms with E-state index in [1.807, 2.05) is 19.0 Å². The first kappa shape index (κ1) is 9.68.